The quantitative estimate of drug-likeness (QED) is 0.570. The Morgan fingerprint density at radius 2 is 2.05 bits per heavy atom. The third kappa shape index (κ3) is 4.32. The minimum Gasteiger partial charge on any atom is -0.478 e. The third-order valence-electron chi connectivity index (χ3n) is 2.73. The first-order valence-corrected chi connectivity index (χ1v) is 6.28. The molecule has 1 aromatic carbocycles. The maximum absolute atomic E-state index is 11.7. The zero-order valence-electron chi connectivity index (χ0n) is 11.6. The summed E-state index contributed by atoms with van der Waals surface area (Å²) in [4.78, 5) is 22.9. The summed E-state index contributed by atoms with van der Waals surface area (Å²) in [5, 5.41) is 14.4. The average molecular weight is 274 g/mol. The fourth-order valence-corrected chi connectivity index (χ4v) is 1.85. The van der Waals surface area contributed by atoms with Crippen molar-refractivity contribution in [2.75, 3.05) is 11.9 Å². The summed E-state index contributed by atoms with van der Waals surface area (Å²) in [6.07, 6.45) is 6.38. The predicted molar refractivity (Wildman–Crippen MR) is 78.0 cm³/mol. The number of hydrogen-bond donors (Lipinski definition) is 3. The number of anilines is 1. The van der Waals surface area contributed by atoms with E-state index in [0.29, 0.717) is 30.6 Å². The number of terminal acetylenes is 1. The van der Waals surface area contributed by atoms with Crippen LogP contribution in [0.15, 0.2) is 12.1 Å². The number of hydrogen-bond acceptors (Lipinski definition) is 2. The van der Waals surface area contributed by atoms with E-state index in [0.717, 1.165) is 5.56 Å². The molecule has 1 aromatic rings. The maximum Gasteiger partial charge on any atom is 0.337 e. The van der Waals surface area contributed by atoms with Crippen molar-refractivity contribution in [3.05, 3.63) is 28.8 Å². The topological polar surface area (TPSA) is 78.4 Å². The second-order valence-electron chi connectivity index (χ2n) is 4.50. The monoisotopic (exact) mass is 274 g/mol. The SMILES string of the molecule is C#CCCCNC(=O)Nc1c(C)cc(C)cc1C(=O)O. The Labute approximate surface area is 118 Å². The molecule has 20 heavy (non-hydrogen) atoms. The second-order valence-corrected chi connectivity index (χ2v) is 4.50. The summed E-state index contributed by atoms with van der Waals surface area (Å²) in [6.45, 7) is 4.01. The van der Waals surface area contributed by atoms with Crippen LogP contribution in [0.5, 0.6) is 0 Å². The van der Waals surface area contributed by atoms with Crippen LogP contribution < -0.4 is 10.6 Å². The second kappa shape index (κ2) is 7.19. The highest BCUT2D eigenvalue weighted by Gasteiger charge is 2.15. The van der Waals surface area contributed by atoms with Crippen molar-refractivity contribution < 1.29 is 14.7 Å². The molecule has 0 aliphatic carbocycles. The summed E-state index contributed by atoms with van der Waals surface area (Å²) in [6, 6.07) is 2.92. The van der Waals surface area contributed by atoms with E-state index in [1.54, 1.807) is 6.92 Å². The zero-order chi connectivity index (χ0) is 15.1. The van der Waals surface area contributed by atoms with Crippen LogP contribution in [0.3, 0.4) is 0 Å². The summed E-state index contributed by atoms with van der Waals surface area (Å²) < 4.78 is 0. The molecule has 5 nitrogen and oxygen atoms in total. The van der Waals surface area contributed by atoms with E-state index in [1.807, 2.05) is 13.0 Å². The van der Waals surface area contributed by atoms with Crippen LogP contribution >= 0.6 is 0 Å². The van der Waals surface area contributed by atoms with Crippen molar-refractivity contribution in [3.8, 4) is 12.3 Å². The number of aryl methyl sites for hydroxylation is 2. The van der Waals surface area contributed by atoms with Gasteiger partial charge in [0, 0.05) is 13.0 Å². The third-order valence-corrected chi connectivity index (χ3v) is 2.73. The van der Waals surface area contributed by atoms with Crippen molar-refractivity contribution in [2.45, 2.75) is 26.7 Å². The van der Waals surface area contributed by atoms with Gasteiger partial charge in [-0.15, -0.1) is 12.3 Å². The molecule has 5 heteroatoms. The number of aromatic carboxylic acids is 1. The van der Waals surface area contributed by atoms with E-state index in [4.69, 9.17) is 6.42 Å². The molecule has 0 atom stereocenters. The number of nitrogens with one attached hydrogen (secondary N) is 2. The predicted octanol–water partition coefficient (Wildman–Crippen LogP) is 2.54. The number of unbranched alkanes of at least 4 members (excludes halogenated alkanes) is 1. The molecule has 2 amide bonds. The van der Waals surface area contributed by atoms with E-state index in [9.17, 15) is 14.7 Å². The maximum atomic E-state index is 11.7. The Balaban J connectivity index is 2.79. The fourth-order valence-electron chi connectivity index (χ4n) is 1.85. The average Bonchev–Trinajstić information content (AvgIpc) is 2.37. The molecule has 0 saturated carbocycles. The van der Waals surface area contributed by atoms with Gasteiger partial charge in [-0.05, 0) is 37.5 Å². The van der Waals surface area contributed by atoms with Crippen molar-refractivity contribution in [1.29, 1.82) is 0 Å². The zero-order valence-corrected chi connectivity index (χ0v) is 11.6. The van der Waals surface area contributed by atoms with Crippen LogP contribution in [-0.4, -0.2) is 23.7 Å². The molecule has 0 heterocycles. The summed E-state index contributed by atoms with van der Waals surface area (Å²) >= 11 is 0. The number of carboxylic acid groups (broad SMARTS) is 1. The Bertz CT molecular complexity index is 559. The van der Waals surface area contributed by atoms with Crippen molar-refractivity contribution >= 4 is 17.7 Å². The number of carboxylic acids is 1. The molecule has 0 aromatic heterocycles. The Hall–Kier alpha value is -2.48. The molecule has 0 aliphatic heterocycles. The minimum absolute atomic E-state index is 0.0845. The van der Waals surface area contributed by atoms with Crippen molar-refractivity contribution in [3.63, 3.8) is 0 Å². The lowest BCUT2D eigenvalue weighted by molar-refractivity contribution is 0.0698. The molecule has 1 rings (SSSR count). The van der Waals surface area contributed by atoms with Gasteiger partial charge in [-0.3, -0.25) is 0 Å². The summed E-state index contributed by atoms with van der Waals surface area (Å²) in [7, 11) is 0. The van der Waals surface area contributed by atoms with Gasteiger partial charge in [0.2, 0.25) is 0 Å². The first kappa shape index (κ1) is 15.6. The first-order chi connectivity index (χ1) is 9.45. The molecule has 0 saturated heterocycles. The van der Waals surface area contributed by atoms with Crippen molar-refractivity contribution in [2.24, 2.45) is 0 Å². The lowest BCUT2D eigenvalue weighted by Gasteiger charge is -2.13. The van der Waals surface area contributed by atoms with Gasteiger partial charge in [-0.1, -0.05) is 6.07 Å². The molecule has 0 unspecified atom stereocenters. The lowest BCUT2D eigenvalue weighted by Crippen LogP contribution is -2.30. The lowest BCUT2D eigenvalue weighted by atomic mass is 10.0. The molecule has 0 aliphatic rings. The number of rotatable bonds is 5. The van der Waals surface area contributed by atoms with E-state index in [-0.39, 0.29) is 5.56 Å². The van der Waals surface area contributed by atoms with Crippen LogP contribution in [-0.2, 0) is 0 Å². The van der Waals surface area contributed by atoms with Gasteiger partial charge in [-0.2, -0.15) is 0 Å². The largest absolute Gasteiger partial charge is 0.478 e. The standard InChI is InChI=1S/C15H18N2O3/c1-4-5-6-7-16-15(20)17-13-11(3)8-10(2)9-12(13)14(18)19/h1,8-9H,5-7H2,2-3H3,(H,18,19)(H2,16,17,20). The summed E-state index contributed by atoms with van der Waals surface area (Å²) in [5.74, 6) is 1.41. The number of carbonyl (C=O) groups is 2. The highest BCUT2D eigenvalue weighted by molar-refractivity contribution is 6.01. The van der Waals surface area contributed by atoms with Crippen LogP contribution in [0.1, 0.15) is 34.3 Å². The summed E-state index contributed by atoms with van der Waals surface area (Å²) in [5.41, 5.74) is 1.94. The number of carbonyl (C=O) groups excluding carboxylic acids is 1. The fraction of sp³-hybridized carbons (Fsp3) is 0.333. The van der Waals surface area contributed by atoms with Crippen LogP contribution in [0, 0.1) is 26.2 Å². The van der Waals surface area contributed by atoms with Crippen LogP contribution in [0.2, 0.25) is 0 Å². The van der Waals surface area contributed by atoms with E-state index in [2.05, 4.69) is 16.6 Å². The first-order valence-electron chi connectivity index (χ1n) is 6.28. The van der Waals surface area contributed by atoms with Gasteiger partial charge in [0.25, 0.3) is 0 Å². The highest BCUT2D eigenvalue weighted by atomic mass is 16.4. The van der Waals surface area contributed by atoms with Gasteiger partial charge in [0.05, 0.1) is 11.3 Å². The molecule has 0 fully saturated rings. The molecule has 0 spiro atoms. The molecule has 0 bridgehead atoms. The van der Waals surface area contributed by atoms with Gasteiger partial charge in [0.1, 0.15) is 0 Å². The van der Waals surface area contributed by atoms with Gasteiger partial charge < -0.3 is 15.7 Å². The highest BCUT2D eigenvalue weighted by Crippen LogP contribution is 2.22. The Morgan fingerprint density at radius 1 is 1.35 bits per heavy atom. The smallest absolute Gasteiger partial charge is 0.337 e. The molecular formula is C15H18N2O3. The number of benzene rings is 1. The van der Waals surface area contributed by atoms with Crippen molar-refractivity contribution in [1.82, 2.24) is 5.32 Å². The minimum atomic E-state index is -1.07. The van der Waals surface area contributed by atoms with Crippen LogP contribution in [0.4, 0.5) is 10.5 Å². The number of amides is 2. The molecule has 3 N–H and O–H groups in total. The number of urea groups is 1. The van der Waals surface area contributed by atoms with E-state index >= 15 is 0 Å². The molecule has 106 valence electrons. The Kier molecular flexibility index (Phi) is 5.60. The van der Waals surface area contributed by atoms with E-state index < -0.39 is 12.0 Å². The van der Waals surface area contributed by atoms with Gasteiger partial charge in [0.15, 0.2) is 0 Å². The van der Waals surface area contributed by atoms with Crippen LogP contribution in [0.25, 0.3) is 0 Å². The Morgan fingerprint density at radius 3 is 2.65 bits per heavy atom. The van der Waals surface area contributed by atoms with Gasteiger partial charge in [-0.25, -0.2) is 9.59 Å². The normalized spacial score (nSPS) is 9.65. The molecular weight excluding hydrogens is 256 g/mol. The molecule has 0 radical (unpaired) electrons. The van der Waals surface area contributed by atoms with E-state index in [1.165, 1.54) is 6.07 Å². The van der Waals surface area contributed by atoms with Gasteiger partial charge >= 0.3 is 12.0 Å².